The summed E-state index contributed by atoms with van der Waals surface area (Å²) in [6.07, 6.45) is -8.39. The van der Waals surface area contributed by atoms with Gasteiger partial charge in [0.1, 0.15) is 10.7 Å². The smallest absolute Gasteiger partial charge is 0.336 e. The molecule has 2 aromatic rings. The Balaban J connectivity index is 1.70. The molecule has 2 heterocycles. The Bertz CT molecular complexity index is 864. The van der Waals surface area contributed by atoms with E-state index in [1.54, 1.807) is 0 Å². The highest BCUT2D eigenvalue weighted by Gasteiger charge is 2.33. The minimum atomic E-state index is -4.49. The average Bonchev–Trinajstić information content (AvgIpc) is 3.01. The molecule has 1 aliphatic heterocycles. The van der Waals surface area contributed by atoms with Gasteiger partial charge >= 0.3 is 12.4 Å². The third-order valence-electron chi connectivity index (χ3n) is 4.44. The zero-order valence-electron chi connectivity index (χ0n) is 15.1. The molecule has 0 bridgehead atoms. The van der Waals surface area contributed by atoms with Crippen molar-refractivity contribution < 1.29 is 31.1 Å². The van der Waals surface area contributed by atoms with Crippen LogP contribution < -0.4 is 0 Å². The molecular formula is C18H17F6N3OS. The number of carbonyl (C=O) groups excluding carboxylic acids is 1. The summed E-state index contributed by atoms with van der Waals surface area (Å²) in [5.74, 6) is -0.437. The zero-order chi connectivity index (χ0) is 21.2. The van der Waals surface area contributed by atoms with Crippen molar-refractivity contribution in [3.63, 3.8) is 0 Å². The summed E-state index contributed by atoms with van der Waals surface area (Å²) in [6.45, 7) is -0.272. The molecule has 3 rings (SSSR count). The number of aromatic nitrogens is 1. The Morgan fingerprint density at radius 1 is 1.07 bits per heavy atom. The van der Waals surface area contributed by atoms with Crippen molar-refractivity contribution in [2.24, 2.45) is 0 Å². The fourth-order valence-corrected chi connectivity index (χ4v) is 3.87. The van der Waals surface area contributed by atoms with Crippen LogP contribution in [0.3, 0.4) is 0 Å². The van der Waals surface area contributed by atoms with E-state index in [-0.39, 0.29) is 35.9 Å². The van der Waals surface area contributed by atoms with E-state index < -0.39 is 30.4 Å². The molecule has 0 unspecified atom stereocenters. The first-order valence-corrected chi connectivity index (χ1v) is 9.62. The van der Waals surface area contributed by atoms with Crippen molar-refractivity contribution >= 4 is 17.2 Å². The Morgan fingerprint density at radius 2 is 1.83 bits per heavy atom. The highest BCUT2D eigenvalue weighted by Crippen LogP contribution is 2.33. The number of nitrogens with zero attached hydrogens (tertiary/aromatic N) is 3. The fourth-order valence-electron chi connectivity index (χ4n) is 3.08. The lowest BCUT2D eigenvalue weighted by Crippen LogP contribution is -2.38. The number of amides is 1. The predicted octanol–water partition coefficient (Wildman–Crippen LogP) is 4.54. The minimum absolute atomic E-state index is 0.0756. The minimum Gasteiger partial charge on any atom is -0.336 e. The van der Waals surface area contributed by atoms with E-state index >= 15 is 0 Å². The number of thiazole rings is 1. The van der Waals surface area contributed by atoms with Crippen LogP contribution in [0.2, 0.25) is 0 Å². The van der Waals surface area contributed by atoms with Gasteiger partial charge in [-0.2, -0.15) is 26.3 Å². The highest BCUT2D eigenvalue weighted by atomic mass is 32.1. The molecule has 0 atom stereocenters. The van der Waals surface area contributed by atoms with E-state index in [1.165, 1.54) is 27.3 Å². The van der Waals surface area contributed by atoms with Crippen molar-refractivity contribution in [1.82, 2.24) is 14.8 Å². The highest BCUT2D eigenvalue weighted by molar-refractivity contribution is 7.13. The first kappa shape index (κ1) is 21.6. The van der Waals surface area contributed by atoms with Gasteiger partial charge in [-0.1, -0.05) is 12.1 Å². The lowest BCUT2D eigenvalue weighted by Gasteiger charge is -2.22. The Hall–Kier alpha value is -2.14. The maximum Gasteiger partial charge on any atom is 0.416 e. The Morgan fingerprint density at radius 3 is 2.52 bits per heavy atom. The molecule has 1 amide bonds. The van der Waals surface area contributed by atoms with Crippen LogP contribution in [0.15, 0.2) is 29.6 Å². The van der Waals surface area contributed by atoms with Crippen molar-refractivity contribution in [3.8, 4) is 10.6 Å². The second-order valence-electron chi connectivity index (χ2n) is 6.65. The summed E-state index contributed by atoms with van der Waals surface area (Å²) in [6, 6.07) is 4.66. The molecule has 0 aliphatic carbocycles. The molecule has 0 saturated carbocycles. The summed E-state index contributed by atoms with van der Waals surface area (Å²) in [4.78, 5) is 19.5. The molecule has 29 heavy (non-hydrogen) atoms. The quantitative estimate of drug-likeness (QED) is 0.662. The molecule has 1 aromatic heterocycles. The molecule has 0 N–H and O–H groups in total. The number of benzene rings is 1. The molecule has 4 nitrogen and oxygen atoms in total. The second-order valence-corrected chi connectivity index (χ2v) is 7.51. The van der Waals surface area contributed by atoms with Gasteiger partial charge < -0.3 is 4.90 Å². The standard InChI is InChI=1S/C18H17F6N3OS/c19-17(20,21)11-26-5-2-6-27(8-7-26)16(28)14-10-29-15(25-14)12-3-1-4-13(9-12)18(22,23)24/h1,3-4,9-10H,2,5-8,11H2. The van der Waals surface area contributed by atoms with Crippen LogP contribution in [0.4, 0.5) is 26.3 Å². The molecule has 1 fully saturated rings. The van der Waals surface area contributed by atoms with Gasteiger partial charge in [0.25, 0.3) is 5.91 Å². The normalized spacial score (nSPS) is 16.7. The molecule has 1 aliphatic rings. The molecule has 11 heteroatoms. The fraction of sp³-hybridized carbons (Fsp3) is 0.444. The molecule has 158 valence electrons. The monoisotopic (exact) mass is 437 g/mol. The molecule has 0 spiro atoms. The van der Waals surface area contributed by atoms with Gasteiger partial charge in [0, 0.05) is 37.1 Å². The number of rotatable bonds is 3. The van der Waals surface area contributed by atoms with Crippen molar-refractivity contribution in [1.29, 1.82) is 0 Å². The van der Waals surface area contributed by atoms with Crippen LogP contribution in [-0.2, 0) is 6.18 Å². The summed E-state index contributed by atoms with van der Waals surface area (Å²) in [5, 5.41) is 1.73. The topological polar surface area (TPSA) is 36.4 Å². The maximum atomic E-state index is 12.9. The van der Waals surface area contributed by atoms with E-state index in [2.05, 4.69) is 4.98 Å². The van der Waals surface area contributed by atoms with E-state index in [0.29, 0.717) is 13.0 Å². The third kappa shape index (κ3) is 5.69. The van der Waals surface area contributed by atoms with Gasteiger partial charge in [0.2, 0.25) is 0 Å². The van der Waals surface area contributed by atoms with Gasteiger partial charge in [-0.3, -0.25) is 9.69 Å². The second kappa shape index (κ2) is 8.31. The number of carbonyl (C=O) groups is 1. The molecule has 0 radical (unpaired) electrons. The zero-order valence-corrected chi connectivity index (χ0v) is 15.9. The van der Waals surface area contributed by atoms with E-state index in [0.717, 1.165) is 23.5 Å². The van der Waals surface area contributed by atoms with Gasteiger partial charge in [0.15, 0.2) is 0 Å². The Labute approximate surface area is 166 Å². The van der Waals surface area contributed by atoms with Gasteiger partial charge in [-0.05, 0) is 18.6 Å². The van der Waals surface area contributed by atoms with Crippen LogP contribution in [0.1, 0.15) is 22.5 Å². The first-order valence-electron chi connectivity index (χ1n) is 8.74. The lowest BCUT2D eigenvalue weighted by molar-refractivity contribution is -0.145. The average molecular weight is 437 g/mol. The number of halogens is 6. The van der Waals surface area contributed by atoms with Crippen molar-refractivity contribution in [3.05, 3.63) is 40.9 Å². The lowest BCUT2D eigenvalue weighted by atomic mass is 10.1. The molecule has 1 saturated heterocycles. The molecule has 1 aromatic carbocycles. The van der Waals surface area contributed by atoms with Crippen LogP contribution in [0.25, 0.3) is 10.6 Å². The van der Waals surface area contributed by atoms with Gasteiger partial charge in [-0.15, -0.1) is 11.3 Å². The van der Waals surface area contributed by atoms with Crippen molar-refractivity contribution in [2.75, 3.05) is 32.7 Å². The number of hydrogen-bond acceptors (Lipinski definition) is 4. The van der Waals surface area contributed by atoms with Crippen molar-refractivity contribution in [2.45, 2.75) is 18.8 Å². The van der Waals surface area contributed by atoms with Crippen LogP contribution in [-0.4, -0.2) is 59.6 Å². The van der Waals surface area contributed by atoms with Gasteiger partial charge in [-0.25, -0.2) is 4.98 Å². The summed E-state index contributed by atoms with van der Waals surface area (Å²) in [7, 11) is 0. The van der Waals surface area contributed by atoms with Crippen LogP contribution in [0.5, 0.6) is 0 Å². The maximum absolute atomic E-state index is 12.9. The predicted molar refractivity (Wildman–Crippen MR) is 95.6 cm³/mol. The third-order valence-corrected chi connectivity index (χ3v) is 5.33. The number of alkyl halides is 6. The van der Waals surface area contributed by atoms with E-state index in [4.69, 9.17) is 0 Å². The SMILES string of the molecule is O=C(c1csc(-c2cccc(C(F)(F)F)c2)n1)N1CCCN(CC(F)(F)F)CC1. The Kier molecular flexibility index (Phi) is 6.18. The van der Waals surface area contributed by atoms with E-state index in [1.807, 2.05) is 0 Å². The van der Waals surface area contributed by atoms with E-state index in [9.17, 15) is 31.1 Å². The van der Waals surface area contributed by atoms with Gasteiger partial charge in [0.05, 0.1) is 12.1 Å². The summed E-state index contributed by atoms with van der Waals surface area (Å²) >= 11 is 1.04. The summed E-state index contributed by atoms with van der Waals surface area (Å²) in [5.41, 5.74) is -0.488. The van der Waals surface area contributed by atoms with Crippen LogP contribution >= 0.6 is 11.3 Å². The molecular weight excluding hydrogens is 420 g/mol. The number of hydrogen-bond donors (Lipinski definition) is 0. The first-order chi connectivity index (χ1) is 13.5. The largest absolute Gasteiger partial charge is 0.416 e. The summed E-state index contributed by atoms with van der Waals surface area (Å²) < 4.78 is 76.3. The van der Waals surface area contributed by atoms with Crippen LogP contribution in [0, 0.1) is 0 Å².